The molecule has 4 heteroatoms. The predicted molar refractivity (Wildman–Crippen MR) is 61.0 cm³/mol. The summed E-state index contributed by atoms with van der Waals surface area (Å²) in [6, 6.07) is 9.33. The normalized spacial score (nSPS) is 13.4. The van der Waals surface area contributed by atoms with Gasteiger partial charge in [-0.3, -0.25) is 0 Å². The molecule has 0 saturated carbocycles. The Kier molecular flexibility index (Phi) is 4.66. The number of rotatable bonds is 3. The van der Waals surface area contributed by atoms with Crippen molar-refractivity contribution in [3.8, 4) is 0 Å². The summed E-state index contributed by atoms with van der Waals surface area (Å²) in [6.45, 7) is 0. The zero-order valence-corrected chi connectivity index (χ0v) is 9.63. The molecule has 0 saturated heterocycles. The van der Waals surface area contributed by atoms with Crippen molar-refractivity contribution in [1.29, 1.82) is 0 Å². The molecule has 0 heterocycles. The van der Waals surface area contributed by atoms with Crippen molar-refractivity contribution in [1.82, 2.24) is 0 Å². The van der Waals surface area contributed by atoms with E-state index in [9.17, 15) is 4.79 Å². The number of halogens is 2. The largest absolute Gasteiger partial charge is 0.465 e. The minimum atomic E-state index is -0.585. The van der Waals surface area contributed by atoms with Gasteiger partial charge in [-0.15, -0.1) is 11.6 Å². The highest BCUT2D eigenvalue weighted by Gasteiger charge is 2.10. The predicted octanol–water partition coefficient (Wildman–Crippen LogP) is 3.26. The van der Waals surface area contributed by atoms with Gasteiger partial charge < -0.3 is 4.74 Å². The van der Waals surface area contributed by atoms with Crippen molar-refractivity contribution in [2.24, 2.45) is 0 Å². The van der Waals surface area contributed by atoms with Crippen molar-refractivity contribution >= 4 is 29.2 Å². The van der Waals surface area contributed by atoms with Crippen LogP contribution in [0.3, 0.4) is 0 Å². The van der Waals surface area contributed by atoms with Crippen LogP contribution < -0.4 is 0 Å². The van der Waals surface area contributed by atoms with E-state index < -0.39 is 11.3 Å². The van der Waals surface area contributed by atoms with Gasteiger partial charge in [-0.2, -0.15) is 0 Å². The summed E-state index contributed by atoms with van der Waals surface area (Å²) in [5.74, 6) is -0.585. The molecule has 0 aromatic heterocycles. The second-order valence-corrected chi connectivity index (χ2v) is 3.70. The van der Waals surface area contributed by atoms with Gasteiger partial charge in [0.15, 0.2) is 0 Å². The van der Waals surface area contributed by atoms with Crippen molar-refractivity contribution < 1.29 is 9.53 Å². The fraction of sp³-hybridized carbons (Fsp3) is 0.182. The van der Waals surface area contributed by atoms with E-state index in [0.29, 0.717) is 0 Å². The summed E-state index contributed by atoms with van der Waals surface area (Å²) in [5.41, 5.74) is 0.876. The summed E-state index contributed by atoms with van der Waals surface area (Å²) in [7, 11) is 1.27. The second-order valence-electron chi connectivity index (χ2n) is 2.82. The minimum Gasteiger partial charge on any atom is -0.465 e. The van der Waals surface area contributed by atoms with Gasteiger partial charge in [0.05, 0.1) is 12.5 Å². The quantitative estimate of drug-likeness (QED) is 0.464. The molecule has 1 aromatic rings. The first-order valence-corrected chi connectivity index (χ1v) is 5.11. The van der Waals surface area contributed by atoms with Gasteiger partial charge >= 0.3 is 5.97 Å². The molecule has 0 aliphatic rings. The van der Waals surface area contributed by atoms with Crippen molar-refractivity contribution in [2.75, 3.05) is 7.11 Å². The Balaban J connectivity index is 2.79. The van der Waals surface area contributed by atoms with E-state index >= 15 is 0 Å². The Hall–Kier alpha value is -0.990. The second kappa shape index (κ2) is 5.79. The van der Waals surface area contributed by atoms with Crippen LogP contribution in [-0.4, -0.2) is 13.1 Å². The summed E-state index contributed by atoms with van der Waals surface area (Å²) >= 11 is 11.7. The van der Waals surface area contributed by atoms with Crippen molar-refractivity contribution in [3.63, 3.8) is 0 Å². The van der Waals surface area contributed by atoms with Gasteiger partial charge in [0.1, 0.15) is 5.03 Å². The van der Waals surface area contributed by atoms with Gasteiger partial charge in [-0.05, 0) is 11.6 Å². The average Bonchev–Trinajstić information content (AvgIpc) is 2.29. The molecule has 0 bridgehead atoms. The topological polar surface area (TPSA) is 26.3 Å². The number of allylic oxidation sites excluding steroid dienone is 1. The third-order valence-electron chi connectivity index (χ3n) is 1.79. The molecule has 1 aromatic carbocycles. The molecule has 80 valence electrons. The zero-order chi connectivity index (χ0) is 11.3. The van der Waals surface area contributed by atoms with Crippen LogP contribution in [0.5, 0.6) is 0 Å². The molecule has 1 atom stereocenters. The summed E-state index contributed by atoms with van der Waals surface area (Å²) < 4.78 is 4.45. The van der Waals surface area contributed by atoms with E-state index in [-0.39, 0.29) is 5.03 Å². The number of esters is 1. The molecular formula is C11H10Cl2O2. The molecule has 0 spiro atoms. The monoisotopic (exact) mass is 244 g/mol. The first-order chi connectivity index (χ1) is 7.15. The van der Waals surface area contributed by atoms with Crippen molar-refractivity contribution in [2.45, 2.75) is 5.38 Å². The first kappa shape index (κ1) is 12.1. The SMILES string of the molecule is COC(=O)/C(Cl)=C/[C@H](Cl)c1ccccc1. The Morgan fingerprint density at radius 3 is 2.53 bits per heavy atom. The molecule has 0 amide bonds. The molecule has 0 unspecified atom stereocenters. The third-order valence-corrected chi connectivity index (χ3v) is 2.45. The molecule has 0 aliphatic heterocycles. The highest BCUT2D eigenvalue weighted by molar-refractivity contribution is 6.41. The van der Waals surface area contributed by atoms with Crippen LogP contribution in [0.1, 0.15) is 10.9 Å². The average molecular weight is 245 g/mol. The molecule has 15 heavy (non-hydrogen) atoms. The Bertz CT molecular complexity index is 360. The van der Waals surface area contributed by atoms with E-state index in [1.165, 1.54) is 13.2 Å². The number of hydrogen-bond acceptors (Lipinski definition) is 2. The highest BCUT2D eigenvalue weighted by atomic mass is 35.5. The fourth-order valence-corrected chi connectivity index (χ4v) is 1.57. The van der Waals surface area contributed by atoms with Crippen LogP contribution in [0.4, 0.5) is 0 Å². The van der Waals surface area contributed by atoms with E-state index in [0.717, 1.165) is 5.56 Å². The molecule has 0 aliphatic carbocycles. The van der Waals surface area contributed by atoms with E-state index in [1.807, 2.05) is 30.3 Å². The summed E-state index contributed by atoms with van der Waals surface area (Å²) in [4.78, 5) is 11.0. The van der Waals surface area contributed by atoms with Crippen LogP contribution >= 0.6 is 23.2 Å². The number of hydrogen-bond donors (Lipinski definition) is 0. The minimum absolute atomic E-state index is 0.0126. The van der Waals surface area contributed by atoms with E-state index in [2.05, 4.69) is 4.74 Å². The van der Waals surface area contributed by atoms with Crippen LogP contribution in [0, 0.1) is 0 Å². The zero-order valence-electron chi connectivity index (χ0n) is 8.11. The molecule has 0 N–H and O–H groups in total. The lowest BCUT2D eigenvalue weighted by molar-refractivity contribution is -0.135. The fourth-order valence-electron chi connectivity index (χ4n) is 1.03. The van der Waals surface area contributed by atoms with Gasteiger partial charge in [0, 0.05) is 0 Å². The molecule has 0 fully saturated rings. The summed E-state index contributed by atoms with van der Waals surface area (Å²) in [5, 5.41) is -0.445. The highest BCUT2D eigenvalue weighted by Crippen LogP contribution is 2.24. The Morgan fingerprint density at radius 2 is 2.00 bits per heavy atom. The Morgan fingerprint density at radius 1 is 1.40 bits per heavy atom. The molecular weight excluding hydrogens is 235 g/mol. The number of carbonyl (C=O) groups is 1. The van der Waals surface area contributed by atoms with Crippen LogP contribution in [-0.2, 0) is 9.53 Å². The van der Waals surface area contributed by atoms with Crippen LogP contribution in [0.15, 0.2) is 41.4 Å². The van der Waals surface area contributed by atoms with Crippen molar-refractivity contribution in [3.05, 3.63) is 47.0 Å². The third kappa shape index (κ3) is 3.57. The smallest absolute Gasteiger partial charge is 0.349 e. The maximum atomic E-state index is 11.0. The molecule has 1 rings (SSSR count). The van der Waals surface area contributed by atoms with Gasteiger partial charge in [-0.1, -0.05) is 41.9 Å². The number of alkyl halides is 1. The molecule has 2 nitrogen and oxygen atoms in total. The first-order valence-electron chi connectivity index (χ1n) is 4.30. The van der Waals surface area contributed by atoms with Crippen LogP contribution in [0.2, 0.25) is 0 Å². The summed E-state index contributed by atoms with van der Waals surface area (Å²) in [6.07, 6.45) is 1.45. The maximum Gasteiger partial charge on any atom is 0.349 e. The number of benzene rings is 1. The lowest BCUT2D eigenvalue weighted by atomic mass is 10.1. The lowest BCUT2D eigenvalue weighted by Gasteiger charge is -2.04. The van der Waals surface area contributed by atoms with Gasteiger partial charge in [0.25, 0.3) is 0 Å². The van der Waals surface area contributed by atoms with E-state index in [1.54, 1.807) is 0 Å². The number of carbonyl (C=O) groups excluding carboxylic acids is 1. The molecule has 0 radical (unpaired) electrons. The standard InChI is InChI=1S/C11H10Cl2O2/c1-15-11(14)10(13)7-9(12)8-5-3-2-4-6-8/h2-7,9H,1H3/b10-7-/t9-/m0/s1. The number of methoxy groups -OCH3 is 1. The van der Waals surface area contributed by atoms with Gasteiger partial charge in [-0.25, -0.2) is 4.79 Å². The lowest BCUT2D eigenvalue weighted by Crippen LogP contribution is -2.00. The van der Waals surface area contributed by atoms with E-state index in [4.69, 9.17) is 23.2 Å². The Labute approximate surface area is 98.4 Å². The maximum absolute atomic E-state index is 11.0. The number of ether oxygens (including phenoxy) is 1. The van der Waals surface area contributed by atoms with Crippen LogP contribution in [0.25, 0.3) is 0 Å². The van der Waals surface area contributed by atoms with Gasteiger partial charge in [0.2, 0.25) is 0 Å².